The van der Waals surface area contributed by atoms with Gasteiger partial charge >= 0.3 is 0 Å². The van der Waals surface area contributed by atoms with Crippen LogP contribution in [0.3, 0.4) is 0 Å². The zero-order valence-electron chi connectivity index (χ0n) is 19.7. The van der Waals surface area contributed by atoms with Gasteiger partial charge in [-0.1, -0.05) is 74.5 Å². The Kier molecular flexibility index (Phi) is 5.84. The van der Waals surface area contributed by atoms with E-state index in [4.69, 9.17) is 5.73 Å². The van der Waals surface area contributed by atoms with Crippen LogP contribution in [0.2, 0.25) is 0 Å². The van der Waals surface area contributed by atoms with Crippen LogP contribution in [0.4, 0.5) is 5.69 Å². The molecular weight excluding hydrogens is 422 g/mol. The lowest BCUT2D eigenvalue weighted by molar-refractivity contribution is 0.100. The van der Waals surface area contributed by atoms with Gasteiger partial charge in [0.15, 0.2) is 0 Å². The maximum absolute atomic E-state index is 12.3. The van der Waals surface area contributed by atoms with E-state index in [1.165, 1.54) is 5.56 Å². The minimum absolute atomic E-state index is 0.0290. The van der Waals surface area contributed by atoms with Gasteiger partial charge in [0.1, 0.15) is 0 Å². The molecule has 0 radical (unpaired) electrons. The van der Waals surface area contributed by atoms with Gasteiger partial charge in [-0.05, 0) is 30.0 Å². The molecule has 174 valence electrons. The predicted octanol–water partition coefficient (Wildman–Crippen LogP) is 4.86. The molecule has 1 saturated carbocycles. The summed E-state index contributed by atoms with van der Waals surface area (Å²) in [6.45, 7) is 5.42. The van der Waals surface area contributed by atoms with Gasteiger partial charge in [0.25, 0.3) is 5.91 Å². The topological polar surface area (TPSA) is 84.5 Å². The molecule has 0 aliphatic heterocycles. The number of hydrogen-bond acceptors (Lipinski definition) is 4. The summed E-state index contributed by atoms with van der Waals surface area (Å²) >= 11 is 0. The zero-order chi connectivity index (χ0) is 23.7. The highest BCUT2D eigenvalue weighted by atomic mass is 16.1. The van der Waals surface area contributed by atoms with Gasteiger partial charge in [0.2, 0.25) is 0 Å². The smallest absolute Gasteiger partial charge is 0.252 e. The first-order valence-electron chi connectivity index (χ1n) is 11.8. The lowest BCUT2D eigenvalue weighted by atomic mass is 9.83. The van der Waals surface area contributed by atoms with Crippen LogP contribution in [0, 0.1) is 5.41 Å². The highest BCUT2D eigenvalue weighted by molar-refractivity contribution is 6.02. The van der Waals surface area contributed by atoms with Crippen molar-refractivity contribution in [3.05, 3.63) is 90.3 Å². The largest absolute Gasteiger partial charge is 0.379 e. The first-order valence-corrected chi connectivity index (χ1v) is 11.8. The third kappa shape index (κ3) is 4.17. The Morgan fingerprint density at radius 2 is 1.71 bits per heavy atom. The first-order chi connectivity index (χ1) is 16.4. The second kappa shape index (κ2) is 8.95. The Morgan fingerprint density at radius 1 is 1.03 bits per heavy atom. The van der Waals surface area contributed by atoms with E-state index in [1.807, 2.05) is 35.0 Å². The van der Waals surface area contributed by atoms with Crippen molar-refractivity contribution in [1.29, 1.82) is 0 Å². The molecule has 4 N–H and O–H groups in total. The van der Waals surface area contributed by atoms with Crippen molar-refractivity contribution in [2.75, 3.05) is 5.32 Å². The molecule has 1 aliphatic carbocycles. The van der Waals surface area contributed by atoms with Gasteiger partial charge in [0.05, 0.1) is 23.0 Å². The molecule has 34 heavy (non-hydrogen) atoms. The molecule has 2 aromatic heterocycles. The number of carbonyl (C=O) groups excluding carboxylic acids is 1. The van der Waals surface area contributed by atoms with Crippen molar-refractivity contribution in [3.8, 4) is 11.1 Å². The molecule has 2 aromatic carbocycles. The Bertz CT molecular complexity index is 1300. The molecule has 0 saturated heterocycles. The summed E-state index contributed by atoms with van der Waals surface area (Å²) in [6, 6.07) is 23.3. The fraction of sp³-hybridized carbons (Fsp3) is 0.286. The fourth-order valence-electron chi connectivity index (χ4n) is 5.14. The number of carbonyl (C=O) groups is 1. The van der Waals surface area contributed by atoms with Crippen LogP contribution in [0.25, 0.3) is 16.6 Å². The minimum atomic E-state index is -0.477. The van der Waals surface area contributed by atoms with Gasteiger partial charge < -0.3 is 16.4 Å². The van der Waals surface area contributed by atoms with Crippen molar-refractivity contribution in [3.63, 3.8) is 0 Å². The van der Waals surface area contributed by atoms with Crippen LogP contribution < -0.4 is 16.4 Å². The third-order valence-electron chi connectivity index (χ3n) is 7.26. The molecule has 0 spiro atoms. The molecule has 5 rings (SSSR count). The quantitative estimate of drug-likeness (QED) is 0.373. The molecule has 2 heterocycles. The molecule has 6 nitrogen and oxygen atoms in total. The molecule has 0 bridgehead atoms. The molecular formula is C28H31N5O. The standard InChI is InChI=1S/C28H31N5O/c1-28(2)24(30-16-19-9-5-3-6-10-19)13-14-25(28)32-26-22(27(29)34)17-31-33-18-21(15-23(26)33)20-11-7-4-8-12-20/h3-12,15,17-18,24-25,30,32H,13-14,16H2,1-2H3,(H2,29,34). The van der Waals surface area contributed by atoms with E-state index >= 15 is 0 Å². The molecule has 4 aromatic rings. The summed E-state index contributed by atoms with van der Waals surface area (Å²) in [4.78, 5) is 12.3. The van der Waals surface area contributed by atoms with E-state index < -0.39 is 5.91 Å². The fourth-order valence-corrected chi connectivity index (χ4v) is 5.14. The normalized spacial score (nSPS) is 19.4. The second-order valence-electron chi connectivity index (χ2n) is 9.74. The van der Waals surface area contributed by atoms with Crippen molar-refractivity contribution in [2.45, 2.75) is 45.3 Å². The van der Waals surface area contributed by atoms with E-state index in [9.17, 15) is 4.79 Å². The Labute approximate surface area is 200 Å². The van der Waals surface area contributed by atoms with Gasteiger partial charge in [0, 0.05) is 35.8 Å². The van der Waals surface area contributed by atoms with Crippen molar-refractivity contribution in [1.82, 2.24) is 14.9 Å². The number of nitrogens with two attached hydrogens (primary N) is 1. The van der Waals surface area contributed by atoms with Crippen LogP contribution in [-0.2, 0) is 6.54 Å². The Morgan fingerprint density at radius 3 is 2.41 bits per heavy atom. The van der Waals surface area contributed by atoms with Gasteiger partial charge in [-0.3, -0.25) is 4.79 Å². The van der Waals surface area contributed by atoms with Gasteiger partial charge in [-0.25, -0.2) is 4.52 Å². The summed E-state index contributed by atoms with van der Waals surface area (Å²) in [7, 11) is 0. The SMILES string of the molecule is CC1(C)C(NCc2ccccc2)CCC1Nc1c(C(N)=O)cnn2cc(-c3ccccc3)cc12. The summed E-state index contributed by atoms with van der Waals surface area (Å²) in [5.74, 6) is -0.477. The number of aromatic nitrogens is 2. The lowest BCUT2D eigenvalue weighted by Gasteiger charge is -2.35. The average Bonchev–Trinajstić information content (AvgIpc) is 3.40. The number of primary amides is 1. The number of amides is 1. The van der Waals surface area contributed by atoms with Gasteiger partial charge in [-0.2, -0.15) is 5.10 Å². The van der Waals surface area contributed by atoms with Gasteiger partial charge in [-0.15, -0.1) is 0 Å². The second-order valence-corrected chi connectivity index (χ2v) is 9.74. The van der Waals surface area contributed by atoms with E-state index in [0.29, 0.717) is 11.6 Å². The van der Waals surface area contributed by atoms with Crippen LogP contribution in [0.5, 0.6) is 0 Å². The van der Waals surface area contributed by atoms with E-state index in [0.717, 1.165) is 41.7 Å². The monoisotopic (exact) mass is 453 g/mol. The summed E-state index contributed by atoms with van der Waals surface area (Å²) in [6.07, 6.45) is 5.61. The number of nitrogens with zero attached hydrogens (tertiary/aromatic N) is 2. The third-order valence-corrected chi connectivity index (χ3v) is 7.26. The number of nitrogens with one attached hydrogen (secondary N) is 2. The first kappa shape index (κ1) is 22.2. The number of anilines is 1. The minimum Gasteiger partial charge on any atom is -0.379 e. The van der Waals surface area contributed by atoms with Crippen LogP contribution in [0.1, 0.15) is 42.6 Å². The zero-order valence-corrected chi connectivity index (χ0v) is 19.7. The molecule has 1 amide bonds. The maximum Gasteiger partial charge on any atom is 0.252 e. The highest BCUT2D eigenvalue weighted by Gasteiger charge is 2.43. The number of hydrogen-bond donors (Lipinski definition) is 3. The van der Waals surface area contributed by atoms with E-state index in [-0.39, 0.29) is 11.5 Å². The number of benzene rings is 2. The van der Waals surface area contributed by atoms with Crippen molar-refractivity contribution < 1.29 is 4.79 Å². The number of fused-ring (bicyclic) bond motifs is 1. The Hall–Kier alpha value is -3.64. The summed E-state index contributed by atoms with van der Waals surface area (Å²) in [5, 5.41) is 11.9. The molecule has 6 heteroatoms. The predicted molar refractivity (Wildman–Crippen MR) is 137 cm³/mol. The Balaban J connectivity index is 1.43. The molecule has 1 fully saturated rings. The molecule has 2 unspecified atom stereocenters. The van der Waals surface area contributed by atoms with E-state index in [2.05, 4.69) is 72.0 Å². The number of rotatable bonds is 7. The van der Waals surface area contributed by atoms with Crippen molar-refractivity contribution >= 4 is 17.1 Å². The summed E-state index contributed by atoms with van der Waals surface area (Å²) in [5.41, 5.74) is 11.2. The summed E-state index contributed by atoms with van der Waals surface area (Å²) < 4.78 is 1.82. The highest BCUT2D eigenvalue weighted by Crippen LogP contribution is 2.41. The average molecular weight is 454 g/mol. The van der Waals surface area contributed by atoms with E-state index in [1.54, 1.807) is 6.20 Å². The van der Waals surface area contributed by atoms with Crippen molar-refractivity contribution in [2.24, 2.45) is 11.1 Å². The lowest BCUT2D eigenvalue weighted by Crippen LogP contribution is -2.44. The molecule has 1 aliphatic rings. The maximum atomic E-state index is 12.3. The van der Waals surface area contributed by atoms with Crippen LogP contribution >= 0.6 is 0 Å². The molecule has 2 atom stereocenters. The van der Waals surface area contributed by atoms with Crippen LogP contribution in [0.15, 0.2) is 79.1 Å². The van der Waals surface area contributed by atoms with Crippen LogP contribution in [-0.4, -0.2) is 27.6 Å².